The molecule has 0 radical (unpaired) electrons. The van der Waals surface area contributed by atoms with Gasteiger partial charge in [-0.3, -0.25) is 33.6 Å². The minimum atomic E-state index is -2.06. The fraction of sp³-hybridized carbons (Fsp3) is 0.565. The van der Waals surface area contributed by atoms with Gasteiger partial charge in [0.1, 0.15) is 52.0 Å². The van der Waals surface area contributed by atoms with Crippen molar-refractivity contribution in [3.05, 3.63) is 77.9 Å². The van der Waals surface area contributed by atoms with Gasteiger partial charge in [-0.1, -0.05) is 55.7 Å². The fourth-order valence-electron chi connectivity index (χ4n) is 11.1. The van der Waals surface area contributed by atoms with E-state index in [0.29, 0.717) is 48.1 Å². The van der Waals surface area contributed by atoms with Crippen LogP contribution in [0.25, 0.3) is 21.1 Å². The number of aliphatic hydroxyl groups is 6. The van der Waals surface area contributed by atoms with Crippen LogP contribution in [-0.2, 0) is 39.9 Å². The Morgan fingerprint density at radius 2 is 1.32 bits per heavy atom. The average Bonchev–Trinajstić information content (AvgIpc) is 1.69. The van der Waals surface area contributed by atoms with Gasteiger partial charge in [-0.15, -0.1) is 35.0 Å². The number of halogens is 2. The number of nitrogens with zero attached hydrogens (tertiary/aromatic N) is 4. The molecule has 3 aromatic carbocycles. The third kappa shape index (κ3) is 21.3. The molecule has 1 aromatic heterocycles. The SMILES string of the molecule is COCCCCCCCOc1ccc(-c2nnc(-c3ccc(C(=O)N[C@H]4C[C@H](O)CNC(=O)[C@@H]5[C@@H](O)[C@H](C)CN5C(=O)[C@H]([C@H](O)CCNCCCCN)NC(=O)[C@H]([C@H](O)Cc5ccc(O)c(O)c5)NC(=O)[C@@H]5C[C@H](O)CN5C(=O)[C@H]([C@H](C)O)NC4=O)cc3)s2)cc1.Cl.Cl. The Labute approximate surface area is 555 Å². The molecule has 28 nitrogen and oxygen atoms in total. The summed E-state index contributed by atoms with van der Waals surface area (Å²) in [7, 11) is 1.70. The quantitative estimate of drug-likeness (QED) is 0.0301. The van der Waals surface area contributed by atoms with E-state index < -0.39 is 164 Å². The Hall–Kier alpha value is -6.87. The molecule has 3 saturated heterocycles. The molecule has 3 aliphatic rings. The molecule has 7 amide bonds. The molecule has 514 valence electrons. The zero-order valence-electron chi connectivity index (χ0n) is 52.1. The maximum atomic E-state index is 14.9. The summed E-state index contributed by atoms with van der Waals surface area (Å²) >= 11 is 1.31. The lowest BCUT2D eigenvalue weighted by Crippen LogP contribution is -2.64. The number of rotatable bonds is 25. The minimum absolute atomic E-state index is 0. The van der Waals surface area contributed by atoms with Crippen molar-refractivity contribution in [2.75, 3.05) is 59.6 Å². The van der Waals surface area contributed by atoms with Crippen LogP contribution >= 0.6 is 36.2 Å². The van der Waals surface area contributed by atoms with Gasteiger partial charge in [-0.2, -0.15) is 0 Å². The molecule has 0 bridgehead atoms. The van der Waals surface area contributed by atoms with Gasteiger partial charge >= 0.3 is 0 Å². The molecule has 3 aliphatic heterocycles. The monoisotopic (exact) mass is 1360 g/mol. The van der Waals surface area contributed by atoms with Crippen molar-refractivity contribution in [3.8, 4) is 38.4 Å². The van der Waals surface area contributed by atoms with Crippen molar-refractivity contribution in [1.82, 2.24) is 51.9 Å². The standard InChI is InChI=1S/C62H87N11O17S.2ClH/c1-34-32-73-52(53(34)81)58(86)65-31-40(75)29-43(66-54(82)37-12-14-38(15-13-37)59-70-71-60(91-59)39-16-18-42(19-17-39)90-26-10-6-4-5-9-25-89-3)55(83)67-49(35(2)74)61(87)72-33-41(76)30-44(72)56(84)68-50(48(80)28-36-11-20-45(77)47(79)27-36)57(85)69-51(62(73)88)46(78)21-24-64-23-8-7-22-63;;/h11-20,27,34-35,40-41,43-44,46,48-53,64,74-81H,4-10,21-26,28-33,63H2,1-3H3,(H,65,86)(H,66,82)(H,67,83)(H,68,84)(H,69,85);2*1H/t34-,35+,40+,41+,43+,44+,46-,48-,49+,50+,51+,52+,53+;;/m1../s1. The molecule has 7 rings (SSSR count). The van der Waals surface area contributed by atoms with Crippen LogP contribution in [0.2, 0.25) is 0 Å². The number of nitrogens with one attached hydrogen (secondary N) is 6. The third-order valence-electron chi connectivity index (χ3n) is 16.3. The number of nitrogens with two attached hydrogens (primary N) is 1. The van der Waals surface area contributed by atoms with Crippen LogP contribution in [-0.4, -0.2) is 235 Å². The van der Waals surface area contributed by atoms with Crippen LogP contribution in [0.3, 0.4) is 0 Å². The molecule has 4 aromatic rings. The normalized spacial score (nSPS) is 24.3. The number of carbonyl (C=O) groups excluding carboxylic acids is 7. The molecule has 0 saturated carbocycles. The number of β-amino-alcohol motifs (C(OH)–C–C–N with tert-alkyl or cyclic N) is 1. The Kier molecular flexibility index (Phi) is 30.8. The van der Waals surface area contributed by atoms with Crippen LogP contribution in [0, 0.1) is 5.92 Å². The lowest BCUT2D eigenvalue weighted by Gasteiger charge is -2.34. The number of ether oxygens (including phenoxy) is 2. The van der Waals surface area contributed by atoms with Crippen molar-refractivity contribution < 1.29 is 83.9 Å². The Bertz CT molecular complexity index is 3080. The second-order valence-corrected chi connectivity index (χ2v) is 24.5. The number of phenols is 2. The molecule has 13 atom stereocenters. The van der Waals surface area contributed by atoms with Crippen LogP contribution in [0.5, 0.6) is 17.2 Å². The number of amides is 7. The number of unbranched alkanes of at least 4 members (excludes halogenated alkanes) is 5. The number of hydrogen-bond donors (Lipinski definition) is 15. The summed E-state index contributed by atoms with van der Waals surface area (Å²) in [4.78, 5) is 104. The summed E-state index contributed by atoms with van der Waals surface area (Å²) in [5.74, 6) is -8.72. The lowest BCUT2D eigenvalue weighted by molar-refractivity contribution is -0.147. The minimum Gasteiger partial charge on any atom is -0.504 e. The number of carbonyl (C=O) groups is 7. The van der Waals surface area contributed by atoms with Crippen LogP contribution < -0.4 is 42.4 Å². The number of hydrogen-bond acceptors (Lipinski definition) is 22. The van der Waals surface area contributed by atoms with Crippen molar-refractivity contribution in [2.45, 2.75) is 157 Å². The number of benzene rings is 3. The van der Waals surface area contributed by atoms with E-state index in [1.807, 2.05) is 24.3 Å². The molecule has 3 fully saturated rings. The first-order chi connectivity index (χ1) is 43.6. The molecule has 16 N–H and O–H groups in total. The molecule has 31 heteroatoms. The summed E-state index contributed by atoms with van der Waals surface area (Å²) in [6, 6.07) is 6.18. The number of fused-ring (bicyclic) bond motifs is 2. The van der Waals surface area contributed by atoms with Crippen LogP contribution in [0.1, 0.15) is 94.0 Å². The highest BCUT2D eigenvalue weighted by molar-refractivity contribution is 7.17. The highest BCUT2D eigenvalue weighted by atomic mass is 35.5. The van der Waals surface area contributed by atoms with Gasteiger partial charge in [0.05, 0.1) is 43.2 Å². The van der Waals surface area contributed by atoms with E-state index in [1.165, 1.54) is 29.5 Å². The third-order valence-corrected chi connectivity index (χ3v) is 17.4. The maximum absolute atomic E-state index is 14.9. The summed E-state index contributed by atoms with van der Waals surface area (Å²) in [5, 5.41) is 115. The van der Waals surface area contributed by atoms with Crippen LogP contribution in [0.15, 0.2) is 66.7 Å². The zero-order valence-corrected chi connectivity index (χ0v) is 54.6. The van der Waals surface area contributed by atoms with Gasteiger partial charge in [-0.25, -0.2) is 0 Å². The Balaban J connectivity index is 0.00000784. The topological polar surface area (TPSA) is 430 Å². The largest absolute Gasteiger partial charge is 0.504 e. The first-order valence-corrected chi connectivity index (χ1v) is 31.7. The lowest BCUT2D eigenvalue weighted by atomic mass is 9.98. The smallest absolute Gasteiger partial charge is 0.251 e. The molecule has 93 heavy (non-hydrogen) atoms. The summed E-state index contributed by atoms with van der Waals surface area (Å²) in [6.07, 6.45) is -5.19. The number of aromatic nitrogens is 2. The molecular formula is C62H89Cl2N11O17S. The van der Waals surface area contributed by atoms with Gasteiger partial charge in [0.2, 0.25) is 35.4 Å². The van der Waals surface area contributed by atoms with E-state index in [9.17, 15) is 74.4 Å². The van der Waals surface area contributed by atoms with E-state index in [4.69, 9.17) is 15.2 Å². The second kappa shape index (κ2) is 37.3. The molecule has 0 unspecified atom stereocenters. The van der Waals surface area contributed by atoms with E-state index in [-0.39, 0.29) is 55.5 Å². The molecule has 4 heterocycles. The van der Waals surface area contributed by atoms with Gasteiger partial charge in [0.25, 0.3) is 5.91 Å². The zero-order chi connectivity index (χ0) is 65.9. The van der Waals surface area contributed by atoms with Crippen molar-refractivity contribution >= 4 is 77.5 Å². The Morgan fingerprint density at radius 3 is 1.97 bits per heavy atom. The molecular weight excluding hydrogens is 1270 g/mol. The summed E-state index contributed by atoms with van der Waals surface area (Å²) in [6.45, 7) is 3.58. The maximum Gasteiger partial charge on any atom is 0.251 e. The van der Waals surface area contributed by atoms with E-state index in [1.54, 1.807) is 26.2 Å². The summed E-state index contributed by atoms with van der Waals surface area (Å²) < 4.78 is 11.0. The van der Waals surface area contributed by atoms with Gasteiger partial charge in [0.15, 0.2) is 11.5 Å². The Morgan fingerprint density at radius 1 is 0.699 bits per heavy atom. The highest BCUT2D eigenvalue weighted by Gasteiger charge is 2.50. The second-order valence-electron chi connectivity index (χ2n) is 23.5. The van der Waals surface area contributed by atoms with Crippen molar-refractivity contribution in [2.24, 2.45) is 11.7 Å². The number of methoxy groups -OCH3 is 1. The number of aromatic hydroxyl groups is 2. The van der Waals surface area contributed by atoms with Crippen LogP contribution in [0.4, 0.5) is 0 Å². The first kappa shape index (κ1) is 76.8. The van der Waals surface area contributed by atoms with Gasteiger partial charge in [-0.05, 0) is 113 Å². The highest BCUT2D eigenvalue weighted by Crippen LogP contribution is 2.32. The molecule has 0 spiro atoms. The summed E-state index contributed by atoms with van der Waals surface area (Å²) in [5.41, 5.74) is 7.22. The predicted molar refractivity (Wildman–Crippen MR) is 346 cm³/mol. The van der Waals surface area contributed by atoms with E-state index >= 15 is 0 Å². The van der Waals surface area contributed by atoms with Gasteiger partial charge in [0, 0.05) is 75.2 Å². The number of aliphatic hydroxyl groups excluding tert-OH is 6. The van der Waals surface area contributed by atoms with E-state index in [2.05, 4.69) is 42.1 Å². The van der Waals surface area contributed by atoms with Gasteiger partial charge < -0.3 is 97.8 Å². The van der Waals surface area contributed by atoms with Crippen molar-refractivity contribution in [3.63, 3.8) is 0 Å². The predicted octanol–water partition coefficient (Wildman–Crippen LogP) is -0.230. The van der Waals surface area contributed by atoms with E-state index in [0.717, 1.165) is 78.9 Å². The fourth-order valence-corrected chi connectivity index (χ4v) is 12.0. The average molecular weight is 1360 g/mol. The van der Waals surface area contributed by atoms with Crippen molar-refractivity contribution in [1.29, 1.82) is 0 Å². The first-order valence-electron chi connectivity index (χ1n) is 30.9. The number of phenolic OH excluding ortho intramolecular Hbond substituents is 2. The molecule has 0 aliphatic carbocycles.